The number of hydrogen-bond donors (Lipinski definition) is 3. The molecule has 0 atom stereocenters. The highest BCUT2D eigenvalue weighted by Gasteiger charge is 2.12. The van der Waals surface area contributed by atoms with Gasteiger partial charge in [0.15, 0.2) is 5.78 Å². The second kappa shape index (κ2) is 7.92. The summed E-state index contributed by atoms with van der Waals surface area (Å²) in [5.74, 6) is -0.943. The van der Waals surface area contributed by atoms with Gasteiger partial charge in [0.1, 0.15) is 17.3 Å². The van der Waals surface area contributed by atoms with Crippen molar-refractivity contribution in [2.75, 3.05) is 0 Å². The number of ketones is 1. The summed E-state index contributed by atoms with van der Waals surface area (Å²) >= 11 is 11.9. The van der Waals surface area contributed by atoms with Gasteiger partial charge < -0.3 is 15.3 Å². The number of hydrogen-bond acceptors (Lipinski definition) is 4. The van der Waals surface area contributed by atoms with Gasteiger partial charge in [0.25, 0.3) is 0 Å². The van der Waals surface area contributed by atoms with E-state index >= 15 is 0 Å². The lowest BCUT2D eigenvalue weighted by Gasteiger charge is -2.10. The summed E-state index contributed by atoms with van der Waals surface area (Å²) < 4.78 is 0. The number of carbonyl (C=O) groups excluding carboxylic acids is 1. The molecule has 128 valence electrons. The SMILES string of the molecule is C=CC(O)=CC(=O)C=C(c1ccc(O)c(Cl)c1)c1ccc(O)c(Cl)c1. The van der Waals surface area contributed by atoms with Gasteiger partial charge in [-0.25, -0.2) is 0 Å². The number of allylic oxidation sites excluding steroid dienone is 3. The Hall–Kier alpha value is -2.69. The highest BCUT2D eigenvalue weighted by Crippen LogP contribution is 2.33. The fourth-order valence-electron chi connectivity index (χ4n) is 2.07. The van der Waals surface area contributed by atoms with Crippen molar-refractivity contribution >= 4 is 34.6 Å². The van der Waals surface area contributed by atoms with E-state index in [1.165, 1.54) is 30.3 Å². The minimum Gasteiger partial charge on any atom is -0.508 e. The first-order valence-corrected chi connectivity index (χ1v) is 7.84. The molecule has 0 aliphatic rings. The minimum atomic E-state index is -0.485. The van der Waals surface area contributed by atoms with Gasteiger partial charge in [-0.1, -0.05) is 41.9 Å². The number of aliphatic hydroxyl groups excluding tert-OH is 1. The average Bonchev–Trinajstić information content (AvgIpc) is 2.57. The molecule has 0 aromatic heterocycles. The normalized spacial score (nSPS) is 11.0. The molecule has 25 heavy (non-hydrogen) atoms. The Morgan fingerprint density at radius 2 is 1.40 bits per heavy atom. The summed E-state index contributed by atoms with van der Waals surface area (Å²) in [6, 6.07) is 8.95. The first kappa shape index (κ1) is 18.6. The largest absolute Gasteiger partial charge is 0.508 e. The standard InChI is InChI=1S/C19H14Cl2O4/c1-2-13(22)9-14(23)10-15(11-3-5-18(24)16(20)7-11)12-4-6-19(25)17(21)8-12/h2-10,22,24-25H,1H2. The molecule has 2 aromatic carbocycles. The highest BCUT2D eigenvalue weighted by molar-refractivity contribution is 6.32. The number of aromatic hydroxyl groups is 2. The lowest BCUT2D eigenvalue weighted by atomic mass is 9.96. The molecule has 0 aliphatic heterocycles. The van der Waals surface area contributed by atoms with Gasteiger partial charge in [0.05, 0.1) is 10.0 Å². The van der Waals surface area contributed by atoms with Crippen molar-refractivity contribution in [2.24, 2.45) is 0 Å². The van der Waals surface area contributed by atoms with Crippen LogP contribution in [0.5, 0.6) is 11.5 Å². The number of phenols is 2. The van der Waals surface area contributed by atoms with Crippen LogP contribution in [0.4, 0.5) is 0 Å². The number of halogens is 2. The van der Waals surface area contributed by atoms with E-state index in [-0.39, 0.29) is 27.3 Å². The van der Waals surface area contributed by atoms with Gasteiger partial charge in [0, 0.05) is 6.08 Å². The Morgan fingerprint density at radius 1 is 0.920 bits per heavy atom. The van der Waals surface area contributed by atoms with Crippen molar-refractivity contribution in [3.8, 4) is 11.5 Å². The van der Waals surface area contributed by atoms with E-state index in [1.54, 1.807) is 12.1 Å². The monoisotopic (exact) mass is 376 g/mol. The van der Waals surface area contributed by atoms with E-state index in [4.69, 9.17) is 23.2 Å². The molecule has 0 heterocycles. The zero-order chi connectivity index (χ0) is 18.6. The second-order valence-corrected chi connectivity index (χ2v) is 5.88. The Labute approximate surface area is 154 Å². The Balaban J connectivity index is 2.62. The lowest BCUT2D eigenvalue weighted by molar-refractivity contribution is -0.110. The van der Waals surface area contributed by atoms with E-state index < -0.39 is 5.78 Å². The van der Waals surface area contributed by atoms with Gasteiger partial charge in [-0.15, -0.1) is 0 Å². The summed E-state index contributed by atoms with van der Waals surface area (Å²) in [7, 11) is 0. The zero-order valence-corrected chi connectivity index (χ0v) is 14.4. The van der Waals surface area contributed by atoms with Crippen molar-refractivity contribution in [3.63, 3.8) is 0 Å². The van der Waals surface area contributed by atoms with Crippen LogP contribution in [-0.4, -0.2) is 21.1 Å². The minimum absolute atomic E-state index is 0.0935. The van der Waals surface area contributed by atoms with Crippen LogP contribution >= 0.6 is 23.2 Å². The van der Waals surface area contributed by atoms with Gasteiger partial charge >= 0.3 is 0 Å². The third-order valence-electron chi connectivity index (χ3n) is 3.30. The van der Waals surface area contributed by atoms with Crippen LogP contribution in [0.3, 0.4) is 0 Å². The second-order valence-electron chi connectivity index (χ2n) is 5.07. The Morgan fingerprint density at radius 3 is 1.80 bits per heavy atom. The van der Waals surface area contributed by atoms with E-state index in [0.717, 1.165) is 12.2 Å². The smallest absolute Gasteiger partial charge is 0.182 e. The number of aliphatic hydroxyl groups is 1. The fourth-order valence-corrected chi connectivity index (χ4v) is 2.43. The molecule has 3 N–H and O–H groups in total. The van der Waals surface area contributed by atoms with Gasteiger partial charge in [-0.2, -0.15) is 0 Å². The van der Waals surface area contributed by atoms with Crippen molar-refractivity contribution in [1.82, 2.24) is 0 Å². The summed E-state index contributed by atoms with van der Waals surface area (Å²) in [6.07, 6.45) is 3.43. The molecule has 2 rings (SSSR count). The van der Waals surface area contributed by atoms with Crippen LogP contribution in [0, 0.1) is 0 Å². The Bertz CT molecular complexity index is 845. The lowest BCUT2D eigenvalue weighted by Crippen LogP contribution is -1.95. The third kappa shape index (κ3) is 4.66. The maximum atomic E-state index is 12.1. The molecule has 0 radical (unpaired) electrons. The van der Waals surface area contributed by atoms with E-state index in [1.807, 2.05) is 0 Å². The quantitative estimate of drug-likeness (QED) is 0.388. The van der Waals surface area contributed by atoms with E-state index in [2.05, 4.69) is 6.58 Å². The first-order chi connectivity index (χ1) is 11.8. The number of phenolic OH excluding ortho intramolecular Hbond substituents is 2. The predicted molar refractivity (Wildman–Crippen MR) is 99.2 cm³/mol. The molecule has 0 unspecified atom stereocenters. The number of carbonyl (C=O) groups is 1. The summed E-state index contributed by atoms with van der Waals surface area (Å²) in [5, 5.41) is 28.8. The molecule has 0 bridgehead atoms. The predicted octanol–water partition coefficient (Wildman–Crippen LogP) is 5.03. The Kier molecular flexibility index (Phi) is 5.91. The molecule has 0 amide bonds. The average molecular weight is 377 g/mol. The van der Waals surface area contributed by atoms with Gasteiger partial charge in [-0.05, 0) is 53.1 Å². The van der Waals surface area contributed by atoms with Gasteiger partial charge in [0.2, 0.25) is 0 Å². The molecule has 0 fully saturated rings. The van der Waals surface area contributed by atoms with Crippen molar-refractivity contribution < 1.29 is 20.1 Å². The number of benzene rings is 2. The van der Waals surface area contributed by atoms with Crippen LogP contribution in [-0.2, 0) is 4.79 Å². The molecule has 0 saturated heterocycles. The van der Waals surface area contributed by atoms with Crippen LogP contribution in [0.2, 0.25) is 10.0 Å². The summed E-state index contributed by atoms with van der Waals surface area (Å²) in [4.78, 5) is 12.1. The summed E-state index contributed by atoms with van der Waals surface area (Å²) in [6.45, 7) is 3.37. The molecule has 4 nitrogen and oxygen atoms in total. The number of rotatable bonds is 5. The van der Waals surface area contributed by atoms with Crippen LogP contribution in [0.15, 0.2) is 67.0 Å². The highest BCUT2D eigenvalue weighted by atomic mass is 35.5. The molecule has 6 heteroatoms. The van der Waals surface area contributed by atoms with Gasteiger partial charge in [-0.3, -0.25) is 4.79 Å². The summed E-state index contributed by atoms with van der Waals surface area (Å²) in [5.41, 5.74) is 1.54. The molecule has 0 aliphatic carbocycles. The molecular formula is C19H14Cl2O4. The van der Waals surface area contributed by atoms with E-state index in [0.29, 0.717) is 16.7 Å². The van der Waals surface area contributed by atoms with Crippen molar-refractivity contribution in [3.05, 3.63) is 88.1 Å². The van der Waals surface area contributed by atoms with Crippen LogP contribution < -0.4 is 0 Å². The molecule has 2 aromatic rings. The maximum Gasteiger partial charge on any atom is 0.182 e. The molecule has 0 saturated carbocycles. The molecule has 0 spiro atoms. The fraction of sp³-hybridized carbons (Fsp3) is 0. The zero-order valence-electron chi connectivity index (χ0n) is 12.9. The first-order valence-electron chi connectivity index (χ1n) is 7.08. The van der Waals surface area contributed by atoms with Crippen molar-refractivity contribution in [2.45, 2.75) is 0 Å². The topological polar surface area (TPSA) is 77.8 Å². The maximum absolute atomic E-state index is 12.1. The van der Waals surface area contributed by atoms with Crippen molar-refractivity contribution in [1.29, 1.82) is 0 Å². The van der Waals surface area contributed by atoms with Crippen LogP contribution in [0.1, 0.15) is 11.1 Å². The molecular weight excluding hydrogens is 363 g/mol. The van der Waals surface area contributed by atoms with E-state index in [9.17, 15) is 20.1 Å². The third-order valence-corrected chi connectivity index (χ3v) is 3.91. The van der Waals surface area contributed by atoms with Crippen LogP contribution in [0.25, 0.3) is 5.57 Å².